The number of halogens is 1. The van der Waals surface area contributed by atoms with Crippen LogP contribution in [0, 0.1) is 5.82 Å². The number of benzene rings is 1. The Bertz CT molecular complexity index is 1630. The molecule has 0 saturated heterocycles. The van der Waals surface area contributed by atoms with Gasteiger partial charge in [-0.2, -0.15) is 5.10 Å². The minimum Gasteiger partial charge on any atom is -0.352 e. The molecule has 0 fully saturated rings. The molecule has 0 radical (unpaired) electrons. The summed E-state index contributed by atoms with van der Waals surface area (Å²) in [5.41, 5.74) is 7.94. The van der Waals surface area contributed by atoms with Crippen LogP contribution in [0.4, 0.5) is 4.39 Å². The number of rotatable bonds is 4. The van der Waals surface area contributed by atoms with E-state index >= 15 is 0 Å². The molecule has 6 aromatic rings. The van der Waals surface area contributed by atoms with Crippen LogP contribution >= 0.6 is 0 Å². The lowest BCUT2D eigenvalue weighted by Gasteiger charge is -2.03. The van der Waals surface area contributed by atoms with Gasteiger partial charge in [0, 0.05) is 40.5 Å². The van der Waals surface area contributed by atoms with Gasteiger partial charge in [0.05, 0.1) is 34.8 Å². The number of aromatic amines is 2. The summed E-state index contributed by atoms with van der Waals surface area (Å²) in [6, 6.07) is 12.7. The first kappa shape index (κ1) is 19.3. The molecule has 0 bridgehead atoms. The van der Waals surface area contributed by atoms with Gasteiger partial charge in [-0.15, -0.1) is 0 Å². The van der Waals surface area contributed by atoms with Gasteiger partial charge in [-0.3, -0.25) is 20.1 Å². The zero-order chi connectivity index (χ0) is 22.4. The molecule has 6 rings (SSSR count). The van der Waals surface area contributed by atoms with Gasteiger partial charge < -0.3 is 4.98 Å². The Morgan fingerprint density at radius 1 is 0.848 bits per heavy atom. The van der Waals surface area contributed by atoms with Gasteiger partial charge in [-0.1, -0.05) is 19.1 Å². The van der Waals surface area contributed by atoms with Gasteiger partial charge in [-0.05, 0) is 47.9 Å². The third kappa shape index (κ3) is 3.34. The third-order valence-electron chi connectivity index (χ3n) is 5.88. The Morgan fingerprint density at radius 3 is 2.64 bits per heavy atom. The number of hydrogen-bond acceptors (Lipinski definition) is 4. The van der Waals surface area contributed by atoms with Gasteiger partial charge in [-0.25, -0.2) is 4.39 Å². The molecular weight excluding hydrogens is 415 g/mol. The molecule has 5 aromatic heterocycles. The molecule has 7 heteroatoms. The van der Waals surface area contributed by atoms with Crippen LogP contribution in [0.5, 0.6) is 0 Å². The molecule has 6 nitrogen and oxygen atoms in total. The van der Waals surface area contributed by atoms with E-state index in [4.69, 9.17) is 0 Å². The van der Waals surface area contributed by atoms with Crippen molar-refractivity contribution in [3.05, 3.63) is 84.8 Å². The average Bonchev–Trinajstić information content (AvgIpc) is 3.47. The monoisotopic (exact) mass is 434 g/mol. The Labute approximate surface area is 188 Å². The van der Waals surface area contributed by atoms with Crippen LogP contribution in [0.1, 0.15) is 12.5 Å². The molecule has 0 aliphatic heterocycles. The van der Waals surface area contributed by atoms with Crippen molar-refractivity contribution >= 4 is 21.8 Å². The van der Waals surface area contributed by atoms with Crippen molar-refractivity contribution < 1.29 is 4.39 Å². The lowest BCUT2D eigenvalue weighted by Crippen LogP contribution is -1.88. The predicted octanol–water partition coefficient (Wildman–Crippen LogP) is 5.93. The van der Waals surface area contributed by atoms with Crippen molar-refractivity contribution in [2.45, 2.75) is 13.3 Å². The van der Waals surface area contributed by atoms with Crippen LogP contribution in [0.15, 0.2) is 73.4 Å². The highest BCUT2D eigenvalue weighted by Crippen LogP contribution is 2.34. The van der Waals surface area contributed by atoms with E-state index in [1.165, 1.54) is 12.1 Å². The van der Waals surface area contributed by atoms with Crippen molar-refractivity contribution in [2.75, 3.05) is 0 Å². The van der Waals surface area contributed by atoms with Crippen LogP contribution in [0.3, 0.4) is 0 Å². The van der Waals surface area contributed by atoms with Gasteiger partial charge in [0.1, 0.15) is 11.5 Å². The molecule has 1 aromatic carbocycles. The summed E-state index contributed by atoms with van der Waals surface area (Å²) < 4.78 is 13.8. The van der Waals surface area contributed by atoms with E-state index in [1.54, 1.807) is 24.7 Å². The van der Waals surface area contributed by atoms with Gasteiger partial charge in [0.15, 0.2) is 0 Å². The molecule has 0 amide bonds. The highest BCUT2D eigenvalue weighted by Gasteiger charge is 2.15. The van der Waals surface area contributed by atoms with Crippen molar-refractivity contribution in [2.24, 2.45) is 0 Å². The van der Waals surface area contributed by atoms with Gasteiger partial charge in [0.2, 0.25) is 0 Å². The smallest absolute Gasteiger partial charge is 0.123 e. The summed E-state index contributed by atoms with van der Waals surface area (Å²) in [5.74, 6) is -0.278. The molecule has 0 aliphatic rings. The van der Waals surface area contributed by atoms with Crippen LogP contribution in [0.2, 0.25) is 0 Å². The van der Waals surface area contributed by atoms with E-state index < -0.39 is 0 Å². The van der Waals surface area contributed by atoms with Crippen molar-refractivity contribution in [1.82, 2.24) is 30.1 Å². The summed E-state index contributed by atoms with van der Waals surface area (Å²) in [6.45, 7) is 2.11. The number of aryl methyl sites for hydroxylation is 1. The van der Waals surface area contributed by atoms with Crippen LogP contribution in [-0.4, -0.2) is 30.1 Å². The number of hydrogen-bond donors (Lipinski definition) is 2. The number of pyridine rings is 3. The lowest BCUT2D eigenvalue weighted by molar-refractivity contribution is 0.628. The first-order valence-electron chi connectivity index (χ1n) is 10.7. The molecule has 0 saturated carbocycles. The SMILES string of the molecule is CCc1cncc(-c2cc3c(-c4cc5c(-c6cccc(F)c6)cncc5[nH]4)n[nH]c3cn2)c1. The second kappa shape index (κ2) is 7.63. The number of fused-ring (bicyclic) bond motifs is 2. The standard InChI is InChI=1S/C26H19FN6/c1-2-15-6-17(11-28-10-15)22-9-20-25(14-30-22)32-33-26(20)23-8-19-21(12-29-13-24(19)31-23)16-4-3-5-18(27)7-16/h3-14,31H,2H2,1H3,(H,32,33). The van der Waals surface area contributed by atoms with Crippen molar-refractivity contribution in [3.63, 3.8) is 0 Å². The van der Waals surface area contributed by atoms with E-state index in [0.29, 0.717) is 0 Å². The summed E-state index contributed by atoms with van der Waals surface area (Å²) in [6.07, 6.45) is 9.93. The van der Waals surface area contributed by atoms with Crippen LogP contribution < -0.4 is 0 Å². The Kier molecular flexibility index (Phi) is 4.47. The minimum absolute atomic E-state index is 0.278. The van der Waals surface area contributed by atoms with Crippen LogP contribution in [-0.2, 0) is 6.42 Å². The molecule has 33 heavy (non-hydrogen) atoms. The quantitative estimate of drug-likeness (QED) is 0.360. The fourth-order valence-corrected chi connectivity index (χ4v) is 4.17. The summed E-state index contributed by atoms with van der Waals surface area (Å²) in [7, 11) is 0. The topological polar surface area (TPSA) is 83.1 Å². The molecule has 0 spiro atoms. The fourth-order valence-electron chi connectivity index (χ4n) is 4.17. The van der Waals surface area contributed by atoms with Gasteiger partial charge >= 0.3 is 0 Å². The number of aromatic nitrogens is 6. The zero-order valence-corrected chi connectivity index (χ0v) is 17.8. The molecule has 160 valence electrons. The van der Waals surface area contributed by atoms with E-state index in [2.05, 4.69) is 43.1 Å². The molecule has 0 atom stereocenters. The van der Waals surface area contributed by atoms with Crippen molar-refractivity contribution in [3.8, 4) is 33.8 Å². The van der Waals surface area contributed by atoms with Crippen molar-refractivity contribution in [1.29, 1.82) is 0 Å². The summed E-state index contributed by atoms with van der Waals surface area (Å²) in [5, 5.41) is 9.53. The second-order valence-electron chi connectivity index (χ2n) is 7.96. The Balaban J connectivity index is 1.49. The number of H-pyrrole nitrogens is 2. The van der Waals surface area contributed by atoms with E-state index in [-0.39, 0.29) is 5.82 Å². The Hall–Kier alpha value is -4.39. The van der Waals surface area contributed by atoms with Crippen LogP contribution in [0.25, 0.3) is 55.6 Å². The van der Waals surface area contributed by atoms with E-state index in [1.807, 2.05) is 30.6 Å². The molecule has 0 unspecified atom stereocenters. The number of nitrogens with one attached hydrogen (secondary N) is 2. The minimum atomic E-state index is -0.278. The lowest BCUT2D eigenvalue weighted by atomic mass is 10.0. The molecule has 2 N–H and O–H groups in total. The highest BCUT2D eigenvalue weighted by molar-refractivity contribution is 6.01. The normalized spacial score (nSPS) is 11.5. The average molecular weight is 434 g/mol. The zero-order valence-electron chi connectivity index (χ0n) is 17.8. The van der Waals surface area contributed by atoms with E-state index in [0.717, 1.165) is 67.6 Å². The second-order valence-corrected chi connectivity index (χ2v) is 7.96. The molecular formula is C26H19FN6. The van der Waals surface area contributed by atoms with E-state index in [9.17, 15) is 4.39 Å². The summed E-state index contributed by atoms with van der Waals surface area (Å²) >= 11 is 0. The first-order chi connectivity index (χ1) is 16.2. The highest BCUT2D eigenvalue weighted by atomic mass is 19.1. The molecule has 0 aliphatic carbocycles. The summed E-state index contributed by atoms with van der Waals surface area (Å²) in [4.78, 5) is 16.7. The Morgan fingerprint density at radius 2 is 1.76 bits per heavy atom. The fraction of sp³-hybridized carbons (Fsp3) is 0.0769. The maximum absolute atomic E-state index is 13.8. The third-order valence-corrected chi connectivity index (χ3v) is 5.88. The predicted molar refractivity (Wildman–Crippen MR) is 127 cm³/mol. The number of nitrogens with zero attached hydrogens (tertiary/aromatic N) is 4. The maximum Gasteiger partial charge on any atom is 0.123 e. The van der Waals surface area contributed by atoms with Gasteiger partial charge in [0.25, 0.3) is 0 Å². The first-order valence-corrected chi connectivity index (χ1v) is 10.7. The maximum atomic E-state index is 13.8. The largest absolute Gasteiger partial charge is 0.352 e. The molecule has 5 heterocycles.